The molecule has 0 saturated carbocycles. The number of nitrogens with zero attached hydrogens (tertiary/aromatic N) is 1. The fourth-order valence-corrected chi connectivity index (χ4v) is 3.88. The molecule has 0 N–H and O–H groups in total. The van der Waals surface area contributed by atoms with Crippen LogP contribution in [0.4, 0.5) is 0 Å². The lowest BCUT2D eigenvalue weighted by molar-refractivity contribution is 0.0608. The quantitative estimate of drug-likeness (QED) is 0.448. The zero-order valence-corrected chi connectivity index (χ0v) is 16.1. The molecule has 0 spiro atoms. The van der Waals surface area contributed by atoms with E-state index in [0.29, 0.717) is 44.6 Å². The normalized spacial score (nSPS) is 13.3. The number of unbranched alkanes of at least 4 members (excludes halogenated alkanes) is 1. The van der Waals surface area contributed by atoms with Crippen molar-refractivity contribution in [3.05, 3.63) is 81.9 Å². The Morgan fingerprint density at radius 3 is 2.32 bits per heavy atom. The average molecular weight is 392 g/mol. The van der Waals surface area contributed by atoms with Gasteiger partial charge in [-0.3, -0.25) is 19.3 Å². The van der Waals surface area contributed by atoms with E-state index in [2.05, 4.69) is 0 Å². The van der Waals surface area contributed by atoms with Crippen molar-refractivity contribution < 1.29 is 14.4 Å². The van der Waals surface area contributed by atoms with Gasteiger partial charge < -0.3 is 0 Å². The molecule has 4 nitrogen and oxygen atoms in total. The Balaban J connectivity index is 1.90. The maximum Gasteiger partial charge on any atom is 0.261 e. The second-order valence-corrected chi connectivity index (χ2v) is 7.22. The Hall–Kier alpha value is -2.98. The summed E-state index contributed by atoms with van der Waals surface area (Å²) in [5.41, 5.74) is 1.73. The predicted molar refractivity (Wildman–Crippen MR) is 109 cm³/mol. The fourth-order valence-electron chi connectivity index (χ4n) is 3.65. The van der Waals surface area contributed by atoms with Crippen LogP contribution in [-0.2, 0) is 0 Å². The lowest BCUT2D eigenvalue weighted by Gasteiger charge is -2.27. The van der Waals surface area contributed by atoms with Crippen LogP contribution in [0.2, 0.25) is 5.02 Å². The molecule has 0 aliphatic carbocycles. The molecule has 1 heterocycles. The van der Waals surface area contributed by atoms with E-state index in [1.165, 1.54) is 4.90 Å². The van der Waals surface area contributed by atoms with Crippen molar-refractivity contribution in [2.24, 2.45) is 0 Å². The summed E-state index contributed by atoms with van der Waals surface area (Å²) < 4.78 is 0. The molecule has 0 atom stereocenters. The summed E-state index contributed by atoms with van der Waals surface area (Å²) in [6.07, 6.45) is 1.64. The third-order valence-corrected chi connectivity index (χ3v) is 5.42. The minimum atomic E-state index is -0.307. The zero-order valence-electron chi connectivity index (χ0n) is 15.4. The number of hydrogen-bond acceptors (Lipinski definition) is 3. The first-order valence-electron chi connectivity index (χ1n) is 9.25. The lowest BCUT2D eigenvalue weighted by atomic mass is 9.89. The number of amides is 2. The van der Waals surface area contributed by atoms with Crippen LogP contribution in [0.15, 0.2) is 54.6 Å². The Morgan fingerprint density at radius 2 is 1.61 bits per heavy atom. The van der Waals surface area contributed by atoms with Crippen LogP contribution < -0.4 is 0 Å². The van der Waals surface area contributed by atoms with E-state index in [4.69, 9.17) is 11.6 Å². The summed E-state index contributed by atoms with van der Waals surface area (Å²) in [6, 6.07) is 15.4. The van der Waals surface area contributed by atoms with Gasteiger partial charge in [-0.1, -0.05) is 49.2 Å². The summed E-state index contributed by atoms with van der Waals surface area (Å²) in [4.78, 5) is 40.3. The molecular formula is C23H18ClNO3. The largest absolute Gasteiger partial charge is 0.289 e. The third kappa shape index (κ3) is 2.81. The molecular weight excluding hydrogens is 374 g/mol. The molecule has 1 aliphatic heterocycles. The highest BCUT2D eigenvalue weighted by atomic mass is 35.5. The monoisotopic (exact) mass is 391 g/mol. The highest BCUT2D eigenvalue weighted by Crippen LogP contribution is 2.33. The smallest absolute Gasteiger partial charge is 0.261 e. The summed E-state index contributed by atoms with van der Waals surface area (Å²) in [5, 5.41) is 1.51. The van der Waals surface area contributed by atoms with Gasteiger partial charge in [0.05, 0.1) is 5.02 Å². The number of rotatable bonds is 5. The van der Waals surface area contributed by atoms with Crippen molar-refractivity contribution in [1.82, 2.24) is 4.90 Å². The number of ketones is 1. The zero-order chi connectivity index (χ0) is 19.8. The summed E-state index contributed by atoms with van der Waals surface area (Å²) in [5.74, 6) is -0.847. The molecule has 28 heavy (non-hydrogen) atoms. The van der Waals surface area contributed by atoms with Crippen LogP contribution in [0.25, 0.3) is 10.8 Å². The van der Waals surface area contributed by atoms with Gasteiger partial charge in [0.15, 0.2) is 5.78 Å². The van der Waals surface area contributed by atoms with Crippen molar-refractivity contribution in [1.29, 1.82) is 0 Å². The van der Waals surface area contributed by atoms with Crippen molar-refractivity contribution in [2.75, 3.05) is 6.54 Å². The molecule has 0 saturated heterocycles. The molecule has 0 fully saturated rings. The van der Waals surface area contributed by atoms with Gasteiger partial charge in [0, 0.05) is 34.2 Å². The first-order valence-corrected chi connectivity index (χ1v) is 9.63. The molecule has 5 heteroatoms. The topological polar surface area (TPSA) is 54.5 Å². The van der Waals surface area contributed by atoms with Gasteiger partial charge in [-0.15, -0.1) is 0 Å². The van der Waals surface area contributed by atoms with Crippen LogP contribution in [0, 0.1) is 0 Å². The van der Waals surface area contributed by atoms with Crippen LogP contribution in [0.5, 0.6) is 0 Å². The SMILES string of the molecule is CCCCN1C(=O)c2cccc3c(C(=O)c4ccccc4Cl)ccc(c23)C1=O. The highest BCUT2D eigenvalue weighted by molar-refractivity contribution is 6.36. The van der Waals surface area contributed by atoms with Crippen LogP contribution in [0.3, 0.4) is 0 Å². The summed E-state index contributed by atoms with van der Waals surface area (Å²) in [7, 11) is 0. The van der Waals surface area contributed by atoms with Gasteiger partial charge >= 0.3 is 0 Å². The molecule has 4 rings (SSSR count). The Labute approximate surface area is 167 Å². The first-order chi connectivity index (χ1) is 13.5. The molecule has 2 amide bonds. The average Bonchev–Trinajstić information content (AvgIpc) is 2.71. The Bertz CT molecular complexity index is 1110. The Morgan fingerprint density at radius 1 is 0.893 bits per heavy atom. The summed E-state index contributed by atoms with van der Waals surface area (Å²) in [6.45, 7) is 2.41. The van der Waals surface area contributed by atoms with E-state index in [-0.39, 0.29) is 17.6 Å². The van der Waals surface area contributed by atoms with Gasteiger partial charge in [-0.05, 0) is 42.1 Å². The molecule has 3 aromatic carbocycles. The number of halogens is 1. The van der Waals surface area contributed by atoms with Gasteiger partial charge in [0.25, 0.3) is 11.8 Å². The molecule has 0 unspecified atom stereocenters. The van der Waals surface area contributed by atoms with Crippen molar-refractivity contribution >= 4 is 40.0 Å². The number of benzene rings is 3. The predicted octanol–water partition coefficient (Wildman–Crippen LogP) is 5.12. The number of carbonyl (C=O) groups is 3. The molecule has 1 aliphatic rings. The fraction of sp³-hybridized carbons (Fsp3) is 0.174. The standard InChI is InChI=1S/C23H18ClNO3/c1-2-3-13-25-22(27)17-9-6-8-14-15(11-12-18(20(14)17)23(25)28)21(26)16-7-4-5-10-19(16)24/h4-12H,2-3,13H2,1H3. The lowest BCUT2D eigenvalue weighted by Crippen LogP contribution is -2.40. The van der Waals surface area contributed by atoms with E-state index in [1.807, 2.05) is 6.92 Å². The number of hydrogen-bond donors (Lipinski definition) is 0. The van der Waals surface area contributed by atoms with Crippen molar-refractivity contribution in [3.8, 4) is 0 Å². The molecule has 0 aromatic heterocycles. The van der Waals surface area contributed by atoms with Gasteiger partial charge in [-0.2, -0.15) is 0 Å². The van der Waals surface area contributed by atoms with Gasteiger partial charge in [0.1, 0.15) is 0 Å². The third-order valence-electron chi connectivity index (χ3n) is 5.09. The number of carbonyl (C=O) groups excluding carboxylic acids is 3. The van der Waals surface area contributed by atoms with Gasteiger partial charge in [0.2, 0.25) is 0 Å². The first kappa shape index (κ1) is 18.4. The van der Waals surface area contributed by atoms with E-state index in [1.54, 1.807) is 54.6 Å². The van der Waals surface area contributed by atoms with Crippen LogP contribution >= 0.6 is 11.6 Å². The van der Waals surface area contributed by atoms with Crippen LogP contribution in [-0.4, -0.2) is 29.0 Å². The van der Waals surface area contributed by atoms with E-state index < -0.39 is 0 Å². The van der Waals surface area contributed by atoms with E-state index >= 15 is 0 Å². The van der Waals surface area contributed by atoms with Crippen molar-refractivity contribution in [3.63, 3.8) is 0 Å². The second-order valence-electron chi connectivity index (χ2n) is 6.81. The number of imide groups is 1. The van der Waals surface area contributed by atoms with E-state index in [9.17, 15) is 14.4 Å². The maximum absolute atomic E-state index is 13.1. The van der Waals surface area contributed by atoms with E-state index in [0.717, 1.165) is 12.8 Å². The second kappa shape index (κ2) is 7.21. The highest BCUT2D eigenvalue weighted by Gasteiger charge is 2.33. The molecule has 140 valence electrons. The maximum atomic E-state index is 13.1. The minimum absolute atomic E-state index is 0.234. The van der Waals surface area contributed by atoms with Crippen molar-refractivity contribution in [2.45, 2.75) is 19.8 Å². The molecule has 3 aromatic rings. The van der Waals surface area contributed by atoms with Crippen LogP contribution in [0.1, 0.15) is 56.4 Å². The molecule has 0 bridgehead atoms. The van der Waals surface area contributed by atoms with Gasteiger partial charge in [-0.25, -0.2) is 0 Å². The molecule has 0 radical (unpaired) electrons. The minimum Gasteiger partial charge on any atom is -0.289 e. The summed E-state index contributed by atoms with van der Waals surface area (Å²) >= 11 is 6.20. The Kier molecular flexibility index (Phi) is 4.73.